The van der Waals surface area contributed by atoms with E-state index >= 15 is 13.2 Å². The van der Waals surface area contributed by atoms with Crippen molar-refractivity contribution in [3.05, 3.63) is 59.8 Å². The van der Waals surface area contributed by atoms with E-state index in [0.29, 0.717) is 23.7 Å². The molecular formula is C22H21F3N8O2. The third-order valence-electron chi connectivity index (χ3n) is 5.65. The normalized spacial score (nSPS) is 18.9. The molecule has 1 unspecified atom stereocenters. The van der Waals surface area contributed by atoms with Crippen molar-refractivity contribution in [2.75, 3.05) is 13.4 Å². The first-order valence-electron chi connectivity index (χ1n) is 10.7. The second-order valence-corrected chi connectivity index (χ2v) is 8.16. The molecule has 2 aliphatic rings. The number of halogens is 3. The highest BCUT2D eigenvalue weighted by Crippen LogP contribution is 2.36. The van der Waals surface area contributed by atoms with Crippen LogP contribution in [-0.2, 0) is 29.0 Å². The summed E-state index contributed by atoms with van der Waals surface area (Å²) in [5.41, 5.74) is -0.0456. The van der Waals surface area contributed by atoms with Gasteiger partial charge in [0.15, 0.2) is 5.84 Å². The molecule has 2 aliphatic heterocycles. The van der Waals surface area contributed by atoms with E-state index in [4.69, 9.17) is 20.3 Å². The molecule has 4 heterocycles. The maximum Gasteiger partial charge on any atom is 0.334 e. The zero-order valence-electron chi connectivity index (χ0n) is 18.6. The largest absolute Gasteiger partial charge is 0.353 e. The lowest BCUT2D eigenvalue weighted by Gasteiger charge is -2.26. The molecule has 1 atom stereocenters. The predicted molar refractivity (Wildman–Crippen MR) is 120 cm³/mol. The Labute approximate surface area is 197 Å². The molecular weight excluding hydrogens is 465 g/mol. The molecule has 0 radical (unpaired) electrons. The van der Waals surface area contributed by atoms with Crippen LogP contribution in [0.4, 0.5) is 13.2 Å². The number of ether oxygens (including phenoxy) is 2. The molecule has 0 amide bonds. The topological polar surface area (TPSA) is 117 Å². The standard InChI is InChI=1S/C22H21F3N8O2/c1-31-10-15-18(29-31)6-5-16(20(15)23)22(24,25)21(27)33-19(26)4-2-3-17(30-33)13-7-28-32(8-13)9-14-11-34-12-35-14/h2-3,5-8,10,14,26-27H,4,9,11-12H2,1H3. The van der Waals surface area contributed by atoms with Crippen molar-refractivity contribution in [3.8, 4) is 0 Å². The van der Waals surface area contributed by atoms with E-state index in [1.165, 1.54) is 23.1 Å². The van der Waals surface area contributed by atoms with Crippen molar-refractivity contribution in [2.45, 2.75) is 25.0 Å². The van der Waals surface area contributed by atoms with Gasteiger partial charge < -0.3 is 9.47 Å². The Balaban J connectivity index is 1.45. The van der Waals surface area contributed by atoms with Crippen LogP contribution in [0.2, 0.25) is 0 Å². The van der Waals surface area contributed by atoms with Crippen LogP contribution < -0.4 is 0 Å². The number of aromatic nitrogens is 4. The van der Waals surface area contributed by atoms with Gasteiger partial charge >= 0.3 is 5.92 Å². The molecule has 0 aliphatic carbocycles. The summed E-state index contributed by atoms with van der Waals surface area (Å²) in [4.78, 5) is 0. The van der Waals surface area contributed by atoms with E-state index in [9.17, 15) is 0 Å². The van der Waals surface area contributed by atoms with Crippen LogP contribution in [0.1, 0.15) is 17.5 Å². The van der Waals surface area contributed by atoms with E-state index in [2.05, 4.69) is 15.3 Å². The number of hydrogen-bond donors (Lipinski definition) is 2. The van der Waals surface area contributed by atoms with Crippen LogP contribution in [-0.4, -0.2) is 61.5 Å². The first-order chi connectivity index (χ1) is 16.7. The second-order valence-electron chi connectivity index (χ2n) is 8.16. The summed E-state index contributed by atoms with van der Waals surface area (Å²) in [5, 5.41) is 29.3. The van der Waals surface area contributed by atoms with E-state index in [1.54, 1.807) is 30.1 Å². The van der Waals surface area contributed by atoms with Gasteiger partial charge in [0.25, 0.3) is 0 Å². The Hall–Kier alpha value is -3.84. The van der Waals surface area contributed by atoms with Gasteiger partial charge in [-0.05, 0) is 18.2 Å². The lowest BCUT2D eigenvalue weighted by molar-refractivity contribution is 0.0413. The van der Waals surface area contributed by atoms with E-state index in [-0.39, 0.29) is 41.8 Å². The maximum absolute atomic E-state index is 15.4. The van der Waals surface area contributed by atoms with Crippen molar-refractivity contribution >= 4 is 28.3 Å². The van der Waals surface area contributed by atoms with Gasteiger partial charge in [-0.3, -0.25) is 20.2 Å². The first kappa shape index (κ1) is 22.9. The fourth-order valence-corrected chi connectivity index (χ4v) is 3.87. The van der Waals surface area contributed by atoms with Crippen LogP contribution in [0.25, 0.3) is 10.9 Å². The number of allylic oxidation sites excluding steroid dienone is 1. The minimum Gasteiger partial charge on any atom is -0.353 e. The minimum atomic E-state index is -4.07. The van der Waals surface area contributed by atoms with Crippen molar-refractivity contribution in [1.82, 2.24) is 24.6 Å². The average Bonchev–Trinajstić information content (AvgIpc) is 3.55. The third kappa shape index (κ3) is 4.23. The van der Waals surface area contributed by atoms with E-state index < -0.39 is 23.1 Å². The highest BCUT2D eigenvalue weighted by molar-refractivity contribution is 6.12. The molecule has 1 aromatic carbocycles. The minimum absolute atomic E-state index is 0.0447. The molecule has 5 rings (SSSR count). The Morgan fingerprint density at radius 2 is 2.11 bits per heavy atom. The van der Waals surface area contributed by atoms with Gasteiger partial charge in [-0.25, -0.2) is 4.39 Å². The summed E-state index contributed by atoms with van der Waals surface area (Å²) in [6.45, 7) is 1.09. The molecule has 2 N–H and O–H groups in total. The van der Waals surface area contributed by atoms with Crippen LogP contribution in [0.5, 0.6) is 0 Å². The number of benzene rings is 1. The van der Waals surface area contributed by atoms with Crippen molar-refractivity contribution in [1.29, 1.82) is 10.8 Å². The number of amidine groups is 2. The first-order valence-corrected chi connectivity index (χ1v) is 10.7. The van der Waals surface area contributed by atoms with Gasteiger partial charge in [0.05, 0.1) is 41.5 Å². The Morgan fingerprint density at radius 1 is 1.29 bits per heavy atom. The number of rotatable bonds is 5. The number of nitrogens with one attached hydrogen (secondary N) is 2. The number of hydrazone groups is 1. The molecule has 35 heavy (non-hydrogen) atoms. The summed E-state index contributed by atoms with van der Waals surface area (Å²) >= 11 is 0. The average molecular weight is 486 g/mol. The molecule has 1 saturated heterocycles. The SMILES string of the molecule is Cn1cc2c(F)c(C(F)(F)C(=N)N3N=C(c4cnn(CC5COCO5)c4)C=CCC3=N)ccc2n1. The third-order valence-corrected chi connectivity index (χ3v) is 5.65. The smallest absolute Gasteiger partial charge is 0.334 e. The van der Waals surface area contributed by atoms with Crippen LogP contribution in [0, 0.1) is 16.6 Å². The molecule has 182 valence electrons. The van der Waals surface area contributed by atoms with Gasteiger partial charge in [-0.2, -0.15) is 29.1 Å². The summed E-state index contributed by atoms with van der Waals surface area (Å²) in [7, 11) is 1.55. The van der Waals surface area contributed by atoms with E-state index in [0.717, 1.165) is 6.07 Å². The summed E-state index contributed by atoms with van der Waals surface area (Å²) in [5.74, 6) is -6.93. The summed E-state index contributed by atoms with van der Waals surface area (Å²) in [6, 6.07) is 2.18. The highest BCUT2D eigenvalue weighted by atomic mass is 19.3. The van der Waals surface area contributed by atoms with Gasteiger partial charge in [0, 0.05) is 31.4 Å². The number of hydrogen-bond acceptors (Lipinski definition) is 7. The summed E-state index contributed by atoms with van der Waals surface area (Å²) < 4.78 is 59.4. The molecule has 0 spiro atoms. The Bertz CT molecular complexity index is 1370. The molecule has 3 aromatic rings. The van der Waals surface area contributed by atoms with Gasteiger partial charge in [0.2, 0.25) is 0 Å². The molecule has 10 nitrogen and oxygen atoms in total. The van der Waals surface area contributed by atoms with Gasteiger partial charge in [-0.1, -0.05) is 6.08 Å². The molecule has 13 heteroatoms. The Morgan fingerprint density at radius 3 is 2.89 bits per heavy atom. The maximum atomic E-state index is 15.4. The van der Waals surface area contributed by atoms with Crippen molar-refractivity contribution < 1.29 is 22.6 Å². The fourth-order valence-electron chi connectivity index (χ4n) is 3.87. The number of fused-ring (bicyclic) bond motifs is 1. The Kier molecular flexibility index (Phi) is 5.73. The zero-order chi connectivity index (χ0) is 24.7. The van der Waals surface area contributed by atoms with Crippen molar-refractivity contribution in [3.63, 3.8) is 0 Å². The highest BCUT2D eigenvalue weighted by Gasteiger charge is 2.45. The van der Waals surface area contributed by atoms with Crippen LogP contribution >= 0.6 is 0 Å². The molecule has 0 bridgehead atoms. The second kappa shape index (κ2) is 8.74. The quantitative estimate of drug-likeness (QED) is 0.425. The van der Waals surface area contributed by atoms with Crippen molar-refractivity contribution in [2.24, 2.45) is 12.1 Å². The molecule has 1 fully saturated rings. The predicted octanol–water partition coefficient (Wildman–Crippen LogP) is 2.99. The van der Waals surface area contributed by atoms with E-state index in [1.807, 2.05) is 0 Å². The van der Waals surface area contributed by atoms with Crippen LogP contribution in [0.3, 0.4) is 0 Å². The fraction of sp³-hybridized carbons (Fsp3) is 0.318. The number of nitrogens with zero attached hydrogens (tertiary/aromatic N) is 6. The van der Waals surface area contributed by atoms with Gasteiger partial charge in [0.1, 0.15) is 24.5 Å². The van der Waals surface area contributed by atoms with Gasteiger partial charge in [-0.15, -0.1) is 0 Å². The number of alkyl halides is 2. The lowest BCUT2D eigenvalue weighted by atomic mass is 10.0. The lowest BCUT2D eigenvalue weighted by Crippen LogP contribution is -2.42. The zero-order valence-corrected chi connectivity index (χ0v) is 18.6. The number of aryl methyl sites for hydroxylation is 1. The summed E-state index contributed by atoms with van der Waals surface area (Å²) in [6.07, 6.45) is 7.41. The monoisotopic (exact) mass is 486 g/mol. The molecule has 2 aromatic heterocycles. The van der Waals surface area contributed by atoms with Crippen LogP contribution in [0.15, 0.2) is 48.0 Å². The molecule has 0 saturated carbocycles.